The van der Waals surface area contributed by atoms with Gasteiger partial charge >= 0.3 is 5.69 Å². The summed E-state index contributed by atoms with van der Waals surface area (Å²) in [6, 6.07) is 11.2. The summed E-state index contributed by atoms with van der Waals surface area (Å²) in [4.78, 5) is 38.2. The first-order valence-corrected chi connectivity index (χ1v) is 11.2. The van der Waals surface area contributed by atoms with Crippen molar-refractivity contribution in [3.63, 3.8) is 0 Å². The van der Waals surface area contributed by atoms with Crippen LogP contribution in [0.15, 0.2) is 63.1 Å². The van der Waals surface area contributed by atoms with Gasteiger partial charge in [-0.2, -0.15) is 9.78 Å². The summed E-state index contributed by atoms with van der Waals surface area (Å²) in [5.74, 6) is 0. The number of halogens is 1. The van der Waals surface area contributed by atoms with Crippen LogP contribution in [0.4, 0.5) is 0 Å². The molecule has 1 aliphatic carbocycles. The minimum Gasteiger partial charge on any atom is -0.280 e. The number of aryl methyl sites for hydroxylation is 1. The van der Waals surface area contributed by atoms with Crippen molar-refractivity contribution >= 4 is 26.7 Å². The second-order valence-electron chi connectivity index (χ2n) is 7.17. The summed E-state index contributed by atoms with van der Waals surface area (Å²) < 4.78 is 24.6. The number of aromatic nitrogens is 3. The minimum atomic E-state index is -3.37. The second-order valence-corrected chi connectivity index (χ2v) is 9.53. The van der Waals surface area contributed by atoms with E-state index >= 15 is 0 Å². The third-order valence-corrected chi connectivity index (χ3v) is 6.84. The summed E-state index contributed by atoms with van der Waals surface area (Å²) in [7, 11) is -3.37. The minimum absolute atomic E-state index is 0.153. The Morgan fingerprint density at radius 2 is 1.87 bits per heavy atom. The van der Waals surface area contributed by atoms with Crippen LogP contribution in [-0.4, -0.2) is 34.7 Å². The molecule has 30 heavy (non-hydrogen) atoms. The molecular weight excluding hydrogens is 430 g/mol. The van der Waals surface area contributed by atoms with Gasteiger partial charge in [0.1, 0.15) is 6.20 Å². The molecule has 1 aliphatic rings. The van der Waals surface area contributed by atoms with Crippen LogP contribution in [0.5, 0.6) is 0 Å². The van der Waals surface area contributed by atoms with E-state index in [-0.39, 0.29) is 4.90 Å². The van der Waals surface area contributed by atoms with Crippen LogP contribution in [0.2, 0.25) is 0 Å². The first-order valence-electron chi connectivity index (χ1n) is 8.96. The topological polar surface area (TPSA) is 119 Å². The second kappa shape index (κ2) is 7.03. The van der Waals surface area contributed by atoms with Crippen molar-refractivity contribution in [2.24, 2.45) is 0 Å². The first kappa shape index (κ1) is 20.2. The van der Waals surface area contributed by atoms with Gasteiger partial charge in [0.25, 0.3) is 5.56 Å². The number of H-pyrrole nitrogens is 1. The summed E-state index contributed by atoms with van der Waals surface area (Å²) in [6.45, 7) is 0. The zero-order valence-electron chi connectivity index (χ0n) is 15.8. The molecular formula is C20H16ClN3O5S. The lowest BCUT2D eigenvalue weighted by atomic mass is 9.76. The molecule has 0 spiro atoms. The lowest BCUT2D eigenvalue weighted by Gasteiger charge is -2.27. The zero-order valence-corrected chi connectivity index (χ0v) is 17.3. The SMILES string of the molecule is CS(=O)(=O)c1ccc(C2(C(=O)Cl)CCc3cc(-n4ncc(=O)[nH]c4=O)ccc32)cc1. The van der Waals surface area contributed by atoms with Gasteiger partial charge in [-0.1, -0.05) is 18.2 Å². The van der Waals surface area contributed by atoms with Gasteiger partial charge in [-0.05, 0) is 65.4 Å². The van der Waals surface area contributed by atoms with Gasteiger partial charge in [-0.15, -0.1) is 0 Å². The lowest BCUT2D eigenvalue weighted by Crippen LogP contribution is -2.32. The Balaban J connectivity index is 1.84. The Morgan fingerprint density at radius 3 is 2.47 bits per heavy atom. The maximum Gasteiger partial charge on any atom is 0.349 e. The monoisotopic (exact) mass is 445 g/mol. The number of nitrogens with zero attached hydrogens (tertiary/aromatic N) is 2. The van der Waals surface area contributed by atoms with Crippen LogP contribution in [0.3, 0.4) is 0 Å². The molecule has 1 heterocycles. The number of carbonyl (C=O) groups excluding carboxylic acids is 1. The average molecular weight is 446 g/mol. The van der Waals surface area contributed by atoms with Crippen molar-refractivity contribution < 1.29 is 13.2 Å². The van der Waals surface area contributed by atoms with E-state index in [0.717, 1.165) is 22.7 Å². The molecule has 8 nitrogen and oxygen atoms in total. The molecule has 0 fully saturated rings. The van der Waals surface area contributed by atoms with E-state index in [4.69, 9.17) is 11.6 Å². The number of sulfone groups is 1. The lowest BCUT2D eigenvalue weighted by molar-refractivity contribution is -0.115. The van der Waals surface area contributed by atoms with Gasteiger partial charge in [-0.25, -0.2) is 13.2 Å². The van der Waals surface area contributed by atoms with Gasteiger partial charge in [0, 0.05) is 6.26 Å². The number of fused-ring (bicyclic) bond motifs is 1. The molecule has 0 radical (unpaired) electrons. The molecule has 0 saturated carbocycles. The fraction of sp³-hybridized carbons (Fsp3) is 0.200. The van der Waals surface area contributed by atoms with Crippen LogP contribution in [-0.2, 0) is 26.5 Å². The van der Waals surface area contributed by atoms with E-state index in [1.165, 1.54) is 12.1 Å². The number of nitrogens with one attached hydrogen (secondary N) is 1. The van der Waals surface area contributed by atoms with Crippen LogP contribution in [0, 0.1) is 0 Å². The third-order valence-electron chi connectivity index (χ3n) is 5.39. The summed E-state index contributed by atoms with van der Waals surface area (Å²) in [5, 5.41) is 3.28. The predicted octanol–water partition coefficient (Wildman–Crippen LogP) is 1.32. The van der Waals surface area contributed by atoms with Crippen molar-refractivity contribution in [3.05, 3.63) is 86.2 Å². The molecule has 0 amide bonds. The number of hydrogen-bond donors (Lipinski definition) is 1. The highest BCUT2D eigenvalue weighted by Gasteiger charge is 2.46. The average Bonchev–Trinajstić information content (AvgIpc) is 3.07. The molecule has 1 atom stereocenters. The van der Waals surface area contributed by atoms with Gasteiger partial charge in [0.15, 0.2) is 9.84 Å². The molecule has 4 rings (SSSR count). The predicted molar refractivity (Wildman–Crippen MR) is 110 cm³/mol. The van der Waals surface area contributed by atoms with E-state index in [1.54, 1.807) is 30.3 Å². The van der Waals surface area contributed by atoms with Crippen molar-refractivity contribution in [2.75, 3.05) is 6.26 Å². The Kier molecular flexibility index (Phi) is 4.74. The molecule has 0 saturated heterocycles. The smallest absolute Gasteiger partial charge is 0.280 e. The van der Waals surface area contributed by atoms with Gasteiger partial charge < -0.3 is 0 Å². The molecule has 1 N–H and O–H groups in total. The Labute approximate surface area is 176 Å². The van der Waals surface area contributed by atoms with Gasteiger partial charge in [-0.3, -0.25) is 14.6 Å². The maximum absolute atomic E-state index is 12.6. The van der Waals surface area contributed by atoms with E-state index in [2.05, 4.69) is 10.1 Å². The summed E-state index contributed by atoms with van der Waals surface area (Å²) in [5.41, 5.74) is 0.165. The number of carbonyl (C=O) groups is 1. The third kappa shape index (κ3) is 3.20. The highest BCUT2D eigenvalue weighted by Crippen LogP contribution is 2.46. The number of rotatable bonds is 4. The molecule has 3 aromatic rings. The maximum atomic E-state index is 12.6. The largest absolute Gasteiger partial charge is 0.349 e. The molecule has 1 aromatic heterocycles. The molecule has 0 aliphatic heterocycles. The molecule has 1 unspecified atom stereocenters. The van der Waals surface area contributed by atoms with E-state index < -0.39 is 31.7 Å². The van der Waals surface area contributed by atoms with Gasteiger partial charge in [0.05, 0.1) is 16.0 Å². The molecule has 10 heteroatoms. The van der Waals surface area contributed by atoms with Crippen molar-refractivity contribution in [1.82, 2.24) is 14.8 Å². The van der Waals surface area contributed by atoms with Crippen molar-refractivity contribution in [1.29, 1.82) is 0 Å². The van der Waals surface area contributed by atoms with Crippen LogP contribution >= 0.6 is 11.6 Å². The quantitative estimate of drug-likeness (QED) is 0.605. The van der Waals surface area contributed by atoms with E-state index in [0.29, 0.717) is 29.7 Å². The highest BCUT2D eigenvalue weighted by atomic mass is 35.5. The summed E-state index contributed by atoms with van der Waals surface area (Å²) >= 11 is 6.07. The van der Waals surface area contributed by atoms with Crippen molar-refractivity contribution in [3.8, 4) is 5.69 Å². The highest BCUT2D eigenvalue weighted by molar-refractivity contribution is 7.90. The van der Waals surface area contributed by atoms with Crippen LogP contribution in [0.25, 0.3) is 5.69 Å². The van der Waals surface area contributed by atoms with E-state index in [1.807, 2.05) is 0 Å². The molecule has 2 aromatic carbocycles. The summed E-state index contributed by atoms with van der Waals surface area (Å²) in [6.07, 6.45) is 3.04. The number of aromatic amines is 1. The Morgan fingerprint density at radius 1 is 1.17 bits per heavy atom. The zero-order chi connectivity index (χ0) is 21.7. The fourth-order valence-corrected chi connectivity index (χ4v) is 4.87. The number of hydrogen-bond acceptors (Lipinski definition) is 6. The van der Waals surface area contributed by atoms with E-state index in [9.17, 15) is 22.8 Å². The molecule has 0 bridgehead atoms. The molecule has 154 valence electrons. The first-order chi connectivity index (χ1) is 14.1. The van der Waals surface area contributed by atoms with Crippen LogP contribution < -0.4 is 11.2 Å². The standard InChI is InChI=1S/C20H16ClN3O5S/c1-30(28,29)15-5-2-13(3-6-15)20(18(21)26)9-8-12-10-14(4-7-16(12)20)24-19(27)23-17(25)11-22-24/h2-7,10-11H,8-9H2,1H3,(H,23,25,27). The fourth-order valence-electron chi connectivity index (χ4n) is 3.93. The Bertz CT molecular complexity index is 1390. The van der Waals surface area contributed by atoms with Crippen molar-refractivity contribution in [2.45, 2.75) is 23.2 Å². The van der Waals surface area contributed by atoms with Gasteiger partial charge in [0.2, 0.25) is 5.24 Å². The van der Waals surface area contributed by atoms with Crippen LogP contribution in [0.1, 0.15) is 23.1 Å². The number of benzene rings is 2. The normalized spacial score (nSPS) is 18.2. The Hall–Kier alpha value is -3.04.